The summed E-state index contributed by atoms with van der Waals surface area (Å²) >= 11 is 0. The van der Waals surface area contributed by atoms with Gasteiger partial charge in [0.1, 0.15) is 6.61 Å². The second kappa shape index (κ2) is 9.32. The number of carbonyl (C=O) groups excluding carboxylic acids is 1. The number of rotatable bonds is 8. The van der Waals surface area contributed by atoms with Crippen molar-refractivity contribution in [3.05, 3.63) is 59.3 Å². The minimum absolute atomic E-state index is 0.170. The predicted molar refractivity (Wildman–Crippen MR) is 121 cm³/mol. The largest absolute Gasteiger partial charge is 0.493 e. The molecule has 0 amide bonds. The van der Waals surface area contributed by atoms with Crippen LogP contribution in [0.25, 0.3) is 11.0 Å². The molecule has 0 saturated heterocycles. The Bertz CT molecular complexity index is 1170. The molecule has 1 atom stereocenters. The van der Waals surface area contributed by atoms with E-state index in [1.807, 2.05) is 60.9 Å². The number of hydrogen-bond donors (Lipinski definition) is 1. The van der Waals surface area contributed by atoms with Crippen molar-refractivity contribution >= 4 is 23.0 Å². The summed E-state index contributed by atoms with van der Waals surface area (Å²) in [5, 5.41) is 3.27. The summed E-state index contributed by atoms with van der Waals surface area (Å²) in [6, 6.07) is 13.1. The molecule has 1 unspecified atom stereocenters. The molecule has 0 aliphatic carbocycles. The van der Waals surface area contributed by atoms with Gasteiger partial charge in [-0.1, -0.05) is 18.2 Å². The van der Waals surface area contributed by atoms with E-state index in [9.17, 15) is 4.79 Å². The number of aromatic nitrogens is 2. The Morgan fingerprint density at radius 1 is 1.12 bits per heavy atom. The molecule has 168 valence electrons. The number of benzene rings is 2. The highest BCUT2D eigenvalue weighted by Gasteiger charge is 2.35. The minimum atomic E-state index is -0.460. The lowest BCUT2D eigenvalue weighted by molar-refractivity contribution is -0.140. The second-order valence-corrected chi connectivity index (χ2v) is 7.33. The van der Waals surface area contributed by atoms with Crippen molar-refractivity contribution < 1.29 is 23.7 Å². The Kier molecular flexibility index (Phi) is 6.32. The zero-order valence-electron chi connectivity index (χ0n) is 18.7. The van der Waals surface area contributed by atoms with Crippen molar-refractivity contribution in [1.29, 1.82) is 0 Å². The lowest BCUT2D eigenvalue weighted by Gasteiger charge is -2.30. The van der Waals surface area contributed by atoms with Crippen LogP contribution in [-0.4, -0.2) is 49.6 Å². The Labute approximate surface area is 186 Å². The van der Waals surface area contributed by atoms with Crippen molar-refractivity contribution in [3.8, 4) is 11.5 Å². The van der Waals surface area contributed by atoms with Crippen molar-refractivity contribution in [2.75, 3.05) is 39.4 Å². The quantitative estimate of drug-likeness (QED) is 0.422. The van der Waals surface area contributed by atoms with Crippen LogP contribution in [0.15, 0.2) is 53.7 Å². The van der Waals surface area contributed by atoms with Crippen molar-refractivity contribution in [2.45, 2.75) is 19.9 Å². The Balaban J connectivity index is 1.88. The molecule has 4 rings (SSSR count). The van der Waals surface area contributed by atoms with Crippen LogP contribution in [0, 0.1) is 0 Å². The van der Waals surface area contributed by atoms with Crippen molar-refractivity contribution in [3.63, 3.8) is 0 Å². The van der Waals surface area contributed by atoms with Gasteiger partial charge < -0.3 is 24.3 Å². The van der Waals surface area contributed by atoms with Crippen LogP contribution < -0.4 is 14.8 Å². The van der Waals surface area contributed by atoms with Gasteiger partial charge in [-0.05, 0) is 43.7 Å². The van der Waals surface area contributed by atoms with Gasteiger partial charge in [0.05, 0.1) is 43.0 Å². The fourth-order valence-electron chi connectivity index (χ4n) is 3.97. The van der Waals surface area contributed by atoms with E-state index in [0.29, 0.717) is 41.9 Å². The Hall–Kier alpha value is -3.52. The Morgan fingerprint density at radius 2 is 1.94 bits per heavy atom. The van der Waals surface area contributed by atoms with Gasteiger partial charge in [-0.15, -0.1) is 0 Å². The minimum Gasteiger partial charge on any atom is -0.493 e. The smallest absolute Gasteiger partial charge is 0.338 e. The van der Waals surface area contributed by atoms with Gasteiger partial charge in [0.2, 0.25) is 5.95 Å². The highest BCUT2D eigenvalue weighted by Crippen LogP contribution is 2.41. The van der Waals surface area contributed by atoms with Crippen LogP contribution in [0.3, 0.4) is 0 Å². The van der Waals surface area contributed by atoms with E-state index in [0.717, 1.165) is 16.6 Å². The molecule has 0 radical (unpaired) electrons. The normalized spacial score (nSPS) is 15.3. The first-order valence-electron chi connectivity index (χ1n) is 10.5. The van der Waals surface area contributed by atoms with Gasteiger partial charge >= 0.3 is 5.97 Å². The monoisotopic (exact) mass is 437 g/mol. The van der Waals surface area contributed by atoms with Gasteiger partial charge in [0.15, 0.2) is 11.5 Å². The molecule has 1 N–H and O–H groups in total. The first kappa shape index (κ1) is 21.7. The molecule has 1 aromatic heterocycles. The van der Waals surface area contributed by atoms with Gasteiger partial charge in [0, 0.05) is 12.8 Å². The van der Waals surface area contributed by atoms with Gasteiger partial charge in [-0.3, -0.25) is 4.57 Å². The van der Waals surface area contributed by atoms with E-state index >= 15 is 0 Å². The molecule has 0 spiro atoms. The summed E-state index contributed by atoms with van der Waals surface area (Å²) < 4.78 is 23.8. The number of methoxy groups -OCH3 is 2. The molecule has 1 aliphatic rings. The van der Waals surface area contributed by atoms with E-state index in [1.54, 1.807) is 14.2 Å². The molecular weight excluding hydrogens is 410 g/mol. The number of allylic oxidation sites excluding steroid dienone is 1. The average Bonchev–Trinajstić information content (AvgIpc) is 3.16. The maximum atomic E-state index is 13.2. The van der Waals surface area contributed by atoms with Crippen LogP contribution in [0.2, 0.25) is 0 Å². The number of imidazole rings is 1. The average molecular weight is 437 g/mol. The number of anilines is 1. The second-order valence-electron chi connectivity index (χ2n) is 7.33. The molecule has 8 heteroatoms. The van der Waals surface area contributed by atoms with Crippen LogP contribution >= 0.6 is 0 Å². The SMILES string of the molecule is CCOc1ccc(C2C(C(=O)OCCOC)=C(C)Nc3nc4ccccc4n32)cc1OC. The third-order valence-electron chi connectivity index (χ3n) is 5.37. The lowest BCUT2D eigenvalue weighted by Crippen LogP contribution is -2.29. The number of hydrogen-bond acceptors (Lipinski definition) is 7. The van der Waals surface area contributed by atoms with Gasteiger partial charge in [0.25, 0.3) is 0 Å². The molecular formula is C24H27N3O5. The topological polar surface area (TPSA) is 83.8 Å². The van der Waals surface area contributed by atoms with Gasteiger partial charge in [-0.2, -0.15) is 0 Å². The lowest BCUT2D eigenvalue weighted by atomic mass is 9.94. The molecule has 2 heterocycles. The summed E-state index contributed by atoms with van der Waals surface area (Å²) in [5.41, 5.74) is 3.78. The maximum absolute atomic E-state index is 13.2. The fourth-order valence-corrected chi connectivity index (χ4v) is 3.97. The number of ether oxygens (including phenoxy) is 4. The van der Waals surface area contributed by atoms with Crippen molar-refractivity contribution in [1.82, 2.24) is 9.55 Å². The molecule has 1 aliphatic heterocycles. The first-order chi connectivity index (χ1) is 15.6. The predicted octanol–water partition coefficient (Wildman–Crippen LogP) is 3.92. The summed E-state index contributed by atoms with van der Waals surface area (Å²) in [7, 11) is 3.17. The van der Waals surface area contributed by atoms with Crippen LogP contribution in [-0.2, 0) is 14.3 Å². The summed E-state index contributed by atoms with van der Waals surface area (Å²) in [4.78, 5) is 17.9. The summed E-state index contributed by atoms with van der Waals surface area (Å²) in [6.45, 7) is 4.80. The number of esters is 1. The van der Waals surface area contributed by atoms with Crippen LogP contribution in [0.4, 0.5) is 5.95 Å². The highest BCUT2D eigenvalue weighted by atomic mass is 16.6. The van der Waals surface area contributed by atoms with Crippen LogP contribution in [0.5, 0.6) is 11.5 Å². The van der Waals surface area contributed by atoms with E-state index in [-0.39, 0.29) is 6.61 Å². The zero-order valence-corrected chi connectivity index (χ0v) is 18.7. The highest BCUT2D eigenvalue weighted by molar-refractivity contribution is 5.94. The molecule has 0 bridgehead atoms. The van der Waals surface area contributed by atoms with E-state index in [1.165, 1.54) is 0 Å². The maximum Gasteiger partial charge on any atom is 0.338 e. The molecule has 0 fully saturated rings. The Morgan fingerprint density at radius 3 is 2.69 bits per heavy atom. The number of para-hydroxylation sites is 2. The third-order valence-corrected chi connectivity index (χ3v) is 5.37. The number of fused-ring (bicyclic) bond motifs is 3. The number of carbonyl (C=O) groups is 1. The van der Waals surface area contributed by atoms with E-state index in [2.05, 4.69) is 5.32 Å². The first-order valence-corrected chi connectivity index (χ1v) is 10.5. The number of nitrogens with zero attached hydrogens (tertiary/aromatic N) is 2. The molecule has 0 saturated carbocycles. The van der Waals surface area contributed by atoms with E-state index < -0.39 is 12.0 Å². The zero-order chi connectivity index (χ0) is 22.7. The number of nitrogens with one attached hydrogen (secondary N) is 1. The van der Waals surface area contributed by atoms with E-state index in [4.69, 9.17) is 23.9 Å². The van der Waals surface area contributed by atoms with Crippen molar-refractivity contribution in [2.24, 2.45) is 0 Å². The molecule has 2 aromatic carbocycles. The van der Waals surface area contributed by atoms with Crippen LogP contribution in [0.1, 0.15) is 25.5 Å². The third kappa shape index (κ3) is 3.89. The molecule has 32 heavy (non-hydrogen) atoms. The standard InChI is InChI=1S/C24H27N3O5/c1-5-31-19-11-10-16(14-20(19)30-4)22-21(23(28)32-13-12-29-3)15(2)25-24-26-17-8-6-7-9-18(17)27(22)24/h6-11,14,22H,5,12-13H2,1-4H3,(H,25,26). The summed E-state index contributed by atoms with van der Waals surface area (Å²) in [5.74, 6) is 1.50. The molecule has 3 aromatic rings. The molecule has 8 nitrogen and oxygen atoms in total. The summed E-state index contributed by atoms with van der Waals surface area (Å²) in [6.07, 6.45) is 0. The fraction of sp³-hybridized carbons (Fsp3) is 0.333. The van der Waals surface area contributed by atoms with Gasteiger partial charge in [-0.25, -0.2) is 9.78 Å².